The molecule has 0 aromatic heterocycles. The minimum absolute atomic E-state index is 0.427. The van der Waals surface area contributed by atoms with Crippen LogP contribution in [0.1, 0.15) is 32.8 Å². The van der Waals surface area contributed by atoms with E-state index < -0.39 is 0 Å². The number of nitrogens with one attached hydrogen (secondary N) is 1. The average Bonchev–Trinajstić information content (AvgIpc) is 2.28. The fourth-order valence-electron chi connectivity index (χ4n) is 2.30. The van der Waals surface area contributed by atoms with E-state index in [-0.39, 0.29) is 0 Å². The van der Waals surface area contributed by atoms with Crippen molar-refractivity contribution >= 4 is 16.9 Å². The van der Waals surface area contributed by atoms with Crippen molar-refractivity contribution in [3.8, 4) is 0 Å². The summed E-state index contributed by atoms with van der Waals surface area (Å²) in [6, 6.07) is 11.5. The monoisotopic (exact) mass is 262 g/mol. The van der Waals surface area contributed by atoms with Crippen molar-refractivity contribution in [1.82, 2.24) is 5.32 Å². The van der Waals surface area contributed by atoms with Crippen LogP contribution in [0.4, 0.5) is 0 Å². The highest BCUT2D eigenvalue weighted by Crippen LogP contribution is 2.24. The summed E-state index contributed by atoms with van der Waals surface area (Å²) in [4.78, 5) is 4.68. The Morgan fingerprint density at radius 1 is 1.33 bits per heavy atom. The van der Waals surface area contributed by atoms with Crippen molar-refractivity contribution in [2.45, 2.75) is 50.9 Å². The van der Waals surface area contributed by atoms with Crippen LogP contribution in [-0.2, 0) is 6.42 Å². The van der Waals surface area contributed by atoms with Crippen LogP contribution in [0, 0.1) is 0 Å². The third kappa shape index (κ3) is 4.05. The van der Waals surface area contributed by atoms with Crippen molar-refractivity contribution < 1.29 is 0 Å². The first kappa shape index (κ1) is 13.5. The third-order valence-corrected chi connectivity index (χ3v) is 4.12. The average molecular weight is 262 g/mol. The summed E-state index contributed by atoms with van der Waals surface area (Å²) in [5.74, 6) is 0. The zero-order chi connectivity index (χ0) is 13.0. The number of benzene rings is 1. The van der Waals surface area contributed by atoms with Crippen LogP contribution < -0.4 is 5.32 Å². The minimum atomic E-state index is 0.427. The predicted octanol–water partition coefficient (Wildman–Crippen LogP) is 3.48. The molecule has 1 aliphatic rings. The topological polar surface area (TPSA) is 24.4 Å². The lowest BCUT2D eigenvalue weighted by Gasteiger charge is -2.25. The van der Waals surface area contributed by atoms with Crippen LogP contribution in [0.2, 0.25) is 0 Å². The maximum Gasteiger partial charge on any atom is 0.157 e. The van der Waals surface area contributed by atoms with Crippen LogP contribution in [0.5, 0.6) is 0 Å². The second-order valence-electron chi connectivity index (χ2n) is 5.18. The molecule has 0 fully saturated rings. The zero-order valence-corrected chi connectivity index (χ0v) is 12.2. The zero-order valence-electron chi connectivity index (χ0n) is 11.4. The van der Waals surface area contributed by atoms with E-state index in [2.05, 4.69) is 61.4 Å². The van der Waals surface area contributed by atoms with Gasteiger partial charge in [-0.1, -0.05) is 49.0 Å². The van der Waals surface area contributed by atoms with Gasteiger partial charge in [0.05, 0.1) is 6.04 Å². The molecule has 3 atom stereocenters. The highest BCUT2D eigenvalue weighted by molar-refractivity contribution is 8.14. The van der Waals surface area contributed by atoms with Crippen LogP contribution in [-0.4, -0.2) is 22.5 Å². The Hall–Kier alpha value is -0.960. The standard InChI is InChI=1S/C15H22N2S/c1-11-9-13(3)18-15(16-11)17-12(2)10-14-7-5-4-6-8-14/h4-8,11-13H,9-10H2,1-3H3,(H,16,17). The summed E-state index contributed by atoms with van der Waals surface area (Å²) in [7, 11) is 0. The number of nitrogens with zero attached hydrogens (tertiary/aromatic N) is 1. The summed E-state index contributed by atoms with van der Waals surface area (Å²) >= 11 is 1.87. The number of amidine groups is 1. The maximum atomic E-state index is 4.68. The van der Waals surface area contributed by atoms with E-state index in [1.54, 1.807) is 0 Å². The molecule has 3 unspecified atom stereocenters. The molecule has 0 amide bonds. The van der Waals surface area contributed by atoms with Crippen molar-refractivity contribution in [1.29, 1.82) is 0 Å². The van der Waals surface area contributed by atoms with E-state index in [1.165, 1.54) is 12.0 Å². The molecule has 3 heteroatoms. The fraction of sp³-hybridized carbons (Fsp3) is 0.533. The van der Waals surface area contributed by atoms with Gasteiger partial charge >= 0.3 is 0 Å². The molecule has 0 saturated carbocycles. The molecule has 1 aliphatic heterocycles. The lowest BCUT2D eigenvalue weighted by molar-refractivity contribution is 0.629. The molecule has 0 aliphatic carbocycles. The molecule has 1 N–H and O–H groups in total. The van der Waals surface area contributed by atoms with Crippen molar-refractivity contribution in [3.05, 3.63) is 35.9 Å². The van der Waals surface area contributed by atoms with Gasteiger partial charge in [-0.2, -0.15) is 0 Å². The first-order chi connectivity index (χ1) is 8.63. The maximum absolute atomic E-state index is 4.68. The molecular weight excluding hydrogens is 240 g/mol. The molecule has 1 aromatic rings. The SMILES string of the molecule is CC1CC(C)SC(NC(C)Cc2ccccc2)=N1. The molecule has 1 heterocycles. The lowest BCUT2D eigenvalue weighted by atomic mass is 10.1. The van der Waals surface area contributed by atoms with Crippen LogP contribution in [0.15, 0.2) is 35.3 Å². The second-order valence-corrected chi connectivity index (χ2v) is 6.61. The Labute approximate surface area is 114 Å². The minimum Gasteiger partial charge on any atom is -0.362 e. The Morgan fingerprint density at radius 3 is 2.72 bits per heavy atom. The Balaban J connectivity index is 1.89. The molecule has 0 saturated heterocycles. The second kappa shape index (κ2) is 6.28. The number of hydrogen-bond acceptors (Lipinski definition) is 3. The molecule has 18 heavy (non-hydrogen) atoms. The van der Waals surface area contributed by atoms with Gasteiger partial charge in [-0.15, -0.1) is 0 Å². The Bertz CT molecular complexity index is 402. The summed E-state index contributed by atoms with van der Waals surface area (Å²) < 4.78 is 0. The first-order valence-corrected chi connectivity index (χ1v) is 7.56. The van der Waals surface area contributed by atoms with Gasteiger partial charge in [-0.05, 0) is 32.3 Å². The fourth-order valence-corrected chi connectivity index (χ4v) is 3.57. The summed E-state index contributed by atoms with van der Waals surface area (Å²) in [6.45, 7) is 6.69. The van der Waals surface area contributed by atoms with Gasteiger partial charge in [-0.25, -0.2) is 0 Å². The smallest absolute Gasteiger partial charge is 0.157 e. The van der Waals surface area contributed by atoms with E-state index in [0.717, 1.165) is 11.6 Å². The highest BCUT2D eigenvalue weighted by atomic mass is 32.2. The molecule has 0 bridgehead atoms. The van der Waals surface area contributed by atoms with Gasteiger partial charge in [0.2, 0.25) is 0 Å². The van der Waals surface area contributed by atoms with Gasteiger partial charge in [-0.3, -0.25) is 4.99 Å². The molecule has 0 spiro atoms. The normalized spacial score (nSPS) is 25.4. The summed E-state index contributed by atoms with van der Waals surface area (Å²) in [5.41, 5.74) is 1.38. The first-order valence-electron chi connectivity index (χ1n) is 6.68. The van der Waals surface area contributed by atoms with Gasteiger partial charge in [0.15, 0.2) is 5.17 Å². The van der Waals surface area contributed by atoms with E-state index in [1.807, 2.05) is 11.8 Å². The van der Waals surface area contributed by atoms with Crippen molar-refractivity contribution in [3.63, 3.8) is 0 Å². The molecule has 0 radical (unpaired) electrons. The third-order valence-electron chi connectivity index (χ3n) is 3.08. The number of hydrogen-bond donors (Lipinski definition) is 1. The number of aliphatic imine (C=N–C) groups is 1. The molecule has 2 rings (SSSR count). The van der Waals surface area contributed by atoms with Gasteiger partial charge < -0.3 is 5.32 Å². The van der Waals surface area contributed by atoms with Gasteiger partial charge in [0.25, 0.3) is 0 Å². The summed E-state index contributed by atoms with van der Waals surface area (Å²) in [6.07, 6.45) is 2.23. The Morgan fingerprint density at radius 2 is 2.06 bits per heavy atom. The largest absolute Gasteiger partial charge is 0.362 e. The number of rotatable bonds is 3. The summed E-state index contributed by atoms with van der Waals surface area (Å²) in [5, 5.41) is 5.33. The highest BCUT2D eigenvalue weighted by Gasteiger charge is 2.19. The predicted molar refractivity (Wildman–Crippen MR) is 81.3 cm³/mol. The van der Waals surface area contributed by atoms with Crippen LogP contribution in [0.25, 0.3) is 0 Å². The van der Waals surface area contributed by atoms with E-state index in [9.17, 15) is 0 Å². The quantitative estimate of drug-likeness (QED) is 0.902. The van der Waals surface area contributed by atoms with Gasteiger partial charge in [0.1, 0.15) is 0 Å². The molecular formula is C15H22N2S. The van der Waals surface area contributed by atoms with Crippen LogP contribution >= 0.6 is 11.8 Å². The molecule has 98 valence electrons. The van der Waals surface area contributed by atoms with E-state index >= 15 is 0 Å². The van der Waals surface area contributed by atoms with Crippen LogP contribution in [0.3, 0.4) is 0 Å². The van der Waals surface area contributed by atoms with E-state index in [0.29, 0.717) is 17.3 Å². The lowest BCUT2D eigenvalue weighted by Crippen LogP contribution is -2.36. The van der Waals surface area contributed by atoms with Crippen molar-refractivity contribution in [2.24, 2.45) is 4.99 Å². The van der Waals surface area contributed by atoms with Crippen molar-refractivity contribution in [2.75, 3.05) is 0 Å². The Kier molecular flexibility index (Phi) is 4.70. The number of thioether (sulfide) groups is 1. The van der Waals surface area contributed by atoms with E-state index in [4.69, 9.17) is 0 Å². The molecule has 1 aromatic carbocycles. The van der Waals surface area contributed by atoms with Gasteiger partial charge in [0, 0.05) is 11.3 Å². The molecule has 2 nitrogen and oxygen atoms in total.